The Bertz CT molecular complexity index is 1060. The lowest BCUT2D eigenvalue weighted by Crippen LogP contribution is -2.51. The van der Waals surface area contributed by atoms with Crippen LogP contribution in [0.2, 0.25) is 0 Å². The van der Waals surface area contributed by atoms with Crippen LogP contribution < -0.4 is 4.74 Å². The van der Waals surface area contributed by atoms with Crippen LogP contribution in [0.5, 0.6) is 5.75 Å². The normalized spacial score (nSPS) is 20.7. The van der Waals surface area contributed by atoms with Crippen LogP contribution in [0.4, 0.5) is 0 Å². The van der Waals surface area contributed by atoms with Crippen molar-refractivity contribution in [3.8, 4) is 5.75 Å². The molecule has 2 aromatic carbocycles. The molecule has 0 saturated carbocycles. The molecule has 1 aliphatic heterocycles. The van der Waals surface area contributed by atoms with Gasteiger partial charge in [-0.25, -0.2) is 0 Å². The third kappa shape index (κ3) is 2.91. The summed E-state index contributed by atoms with van der Waals surface area (Å²) in [4.78, 5) is 23.4. The average molecular weight is 368 g/mol. The minimum atomic E-state index is -0.883. The quantitative estimate of drug-likeness (QED) is 0.628. The van der Waals surface area contributed by atoms with Gasteiger partial charge in [-0.2, -0.15) is 0 Å². The van der Waals surface area contributed by atoms with Gasteiger partial charge in [-0.15, -0.1) is 0 Å². The van der Waals surface area contributed by atoms with Gasteiger partial charge in [0.05, 0.1) is 0 Å². The second kappa shape index (κ2) is 6.01. The van der Waals surface area contributed by atoms with E-state index < -0.39 is 29.7 Å². The molecule has 2 atom stereocenters. The molecule has 1 aliphatic rings. The fraction of sp³-hybridized carbons (Fsp3) is 0.333. The van der Waals surface area contributed by atoms with Gasteiger partial charge in [0.25, 0.3) is 0 Å². The molecule has 27 heavy (non-hydrogen) atoms. The average Bonchev–Trinajstić information content (AvgIpc) is 2.93. The van der Waals surface area contributed by atoms with Crippen molar-refractivity contribution in [2.75, 3.05) is 0 Å². The summed E-state index contributed by atoms with van der Waals surface area (Å²) in [5.41, 5.74) is 1.14. The number of rotatable bonds is 2. The smallest absolute Gasteiger partial charge is 0.303 e. The summed E-state index contributed by atoms with van der Waals surface area (Å²) in [7, 11) is 0. The van der Waals surface area contributed by atoms with Crippen LogP contribution in [0.15, 0.2) is 40.8 Å². The molecule has 0 aliphatic carbocycles. The van der Waals surface area contributed by atoms with Crippen LogP contribution in [0.3, 0.4) is 0 Å². The number of benzene rings is 2. The van der Waals surface area contributed by atoms with E-state index >= 15 is 0 Å². The molecule has 6 heteroatoms. The van der Waals surface area contributed by atoms with Crippen molar-refractivity contribution in [1.82, 2.24) is 0 Å². The molecule has 1 aromatic heterocycles. The Morgan fingerprint density at radius 3 is 2.37 bits per heavy atom. The molecule has 0 fully saturated rings. The summed E-state index contributed by atoms with van der Waals surface area (Å²) in [6, 6.07) is 11.4. The lowest BCUT2D eigenvalue weighted by atomic mass is 9.87. The van der Waals surface area contributed by atoms with E-state index in [0.29, 0.717) is 16.9 Å². The molecular weight excluding hydrogens is 348 g/mol. The topological polar surface area (TPSA) is 75.0 Å². The molecule has 0 spiro atoms. The SMILES string of the molecule is CC(=O)OC1c2cc3oc4ccccc4c3cc2OC(C)(C)C1OC(C)=O. The molecular formula is C21H20O6. The molecule has 6 nitrogen and oxygen atoms in total. The summed E-state index contributed by atoms with van der Waals surface area (Å²) in [5, 5.41) is 1.88. The van der Waals surface area contributed by atoms with E-state index in [4.69, 9.17) is 18.6 Å². The van der Waals surface area contributed by atoms with Crippen LogP contribution in [-0.4, -0.2) is 23.6 Å². The zero-order valence-corrected chi connectivity index (χ0v) is 15.6. The third-order valence-corrected chi connectivity index (χ3v) is 4.73. The molecule has 0 bridgehead atoms. The van der Waals surface area contributed by atoms with Crippen molar-refractivity contribution in [3.05, 3.63) is 42.0 Å². The highest BCUT2D eigenvalue weighted by Gasteiger charge is 2.48. The van der Waals surface area contributed by atoms with Crippen LogP contribution in [0.1, 0.15) is 39.4 Å². The lowest BCUT2D eigenvalue weighted by molar-refractivity contribution is -0.187. The van der Waals surface area contributed by atoms with Crippen LogP contribution in [0.25, 0.3) is 21.9 Å². The minimum Gasteiger partial charge on any atom is -0.483 e. The summed E-state index contributed by atoms with van der Waals surface area (Å²) >= 11 is 0. The Morgan fingerprint density at radius 1 is 0.963 bits per heavy atom. The first-order valence-corrected chi connectivity index (χ1v) is 8.75. The van der Waals surface area contributed by atoms with E-state index in [0.717, 1.165) is 16.4 Å². The highest BCUT2D eigenvalue weighted by Crippen LogP contribution is 2.46. The Morgan fingerprint density at radius 2 is 1.67 bits per heavy atom. The predicted molar refractivity (Wildman–Crippen MR) is 98.5 cm³/mol. The standard InChI is InChI=1S/C21H20O6/c1-11(22)24-19-15-10-17-14(13-7-5-6-8-16(13)26-17)9-18(15)27-21(3,4)20(19)25-12(2)23/h5-10,19-20H,1-4H3. The van der Waals surface area contributed by atoms with Crippen molar-refractivity contribution in [2.24, 2.45) is 0 Å². The molecule has 3 aromatic rings. The van der Waals surface area contributed by atoms with Gasteiger partial charge in [0.1, 0.15) is 22.5 Å². The van der Waals surface area contributed by atoms with Crippen molar-refractivity contribution in [1.29, 1.82) is 0 Å². The van der Waals surface area contributed by atoms with Gasteiger partial charge in [-0.1, -0.05) is 18.2 Å². The van der Waals surface area contributed by atoms with Gasteiger partial charge >= 0.3 is 11.9 Å². The molecule has 0 amide bonds. The van der Waals surface area contributed by atoms with E-state index in [1.807, 2.05) is 30.3 Å². The largest absolute Gasteiger partial charge is 0.483 e. The first-order valence-electron chi connectivity index (χ1n) is 8.75. The van der Waals surface area contributed by atoms with Gasteiger partial charge in [-0.05, 0) is 32.0 Å². The van der Waals surface area contributed by atoms with Crippen LogP contribution in [-0.2, 0) is 19.1 Å². The highest BCUT2D eigenvalue weighted by molar-refractivity contribution is 6.05. The zero-order valence-electron chi connectivity index (χ0n) is 15.6. The summed E-state index contributed by atoms with van der Waals surface area (Å²) in [6.45, 7) is 6.25. The molecule has 0 N–H and O–H groups in total. The number of para-hydroxylation sites is 1. The molecule has 140 valence electrons. The van der Waals surface area contributed by atoms with E-state index in [1.165, 1.54) is 13.8 Å². The van der Waals surface area contributed by atoms with E-state index in [-0.39, 0.29) is 0 Å². The first kappa shape index (κ1) is 17.4. The van der Waals surface area contributed by atoms with Crippen molar-refractivity contribution in [3.63, 3.8) is 0 Å². The van der Waals surface area contributed by atoms with E-state index in [1.54, 1.807) is 19.9 Å². The maximum Gasteiger partial charge on any atom is 0.303 e. The Kier molecular flexibility index (Phi) is 3.87. The number of fused-ring (bicyclic) bond motifs is 4. The Hall–Kier alpha value is -3.02. The fourth-order valence-electron chi connectivity index (χ4n) is 3.63. The van der Waals surface area contributed by atoms with Crippen molar-refractivity contribution < 1.29 is 28.2 Å². The highest BCUT2D eigenvalue weighted by atomic mass is 16.6. The van der Waals surface area contributed by atoms with E-state index in [2.05, 4.69) is 0 Å². The Labute approximate surface area is 156 Å². The number of carbonyl (C=O) groups excluding carboxylic acids is 2. The lowest BCUT2D eigenvalue weighted by Gasteiger charge is -2.43. The summed E-state index contributed by atoms with van der Waals surface area (Å²) < 4.78 is 23.1. The Balaban J connectivity index is 1.93. The monoisotopic (exact) mass is 368 g/mol. The molecule has 4 rings (SSSR count). The second-order valence-electron chi connectivity index (χ2n) is 7.25. The molecule has 2 unspecified atom stereocenters. The predicted octanol–water partition coefficient (Wildman–Crippen LogP) is 4.29. The van der Waals surface area contributed by atoms with Gasteiger partial charge in [-0.3, -0.25) is 9.59 Å². The molecule has 0 radical (unpaired) electrons. The van der Waals surface area contributed by atoms with Crippen LogP contribution in [0, 0.1) is 0 Å². The number of esters is 2. The maximum atomic E-state index is 11.7. The zero-order chi connectivity index (χ0) is 19.3. The second-order valence-corrected chi connectivity index (χ2v) is 7.25. The maximum absolute atomic E-state index is 11.7. The van der Waals surface area contributed by atoms with Gasteiger partial charge in [0.15, 0.2) is 12.2 Å². The van der Waals surface area contributed by atoms with Gasteiger partial charge in [0.2, 0.25) is 0 Å². The van der Waals surface area contributed by atoms with Crippen LogP contribution >= 0.6 is 0 Å². The van der Waals surface area contributed by atoms with E-state index in [9.17, 15) is 9.59 Å². The van der Waals surface area contributed by atoms with Crippen molar-refractivity contribution >= 4 is 33.9 Å². The minimum absolute atomic E-state index is 0.467. The number of hydrogen-bond donors (Lipinski definition) is 0. The summed E-state index contributed by atoms with van der Waals surface area (Å²) in [5.74, 6) is -0.360. The van der Waals surface area contributed by atoms with Gasteiger partial charge < -0.3 is 18.6 Å². The van der Waals surface area contributed by atoms with Crippen molar-refractivity contribution in [2.45, 2.75) is 45.5 Å². The summed E-state index contributed by atoms with van der Waals surface area (Å²) in [6.07, 6.45) is -1.57. The molecule has 2 heterocycles. The third-order valence-electron chi connectivity index (χ3n) is 4.73. The first-order chi connectivity index (χ1) is 12.8. The fourth-order valence-corrected chi connectivity index (χ4v) is 3.63. The number of carbonyl (C=O) groups is 2. The number of hydrogen-bond acceptors (Lipinski definition) is 6. The molecule has 0 saturated heterocycles. The number of furan rings is 1. The van der Waals surface area contributed by atoms with Gasteiger partial charge in [0, 0.05) is 30.2 Å². The number of ether oxygens (including phenoxy) is 3.